The minimum atomic E-state index is -1.16. The van der Waals surface area contributed by atoms with Gasteiger partial charge in [-0.15, -0.1) is 0 Å². The van der Waals surface area contributed by atoms with E-state index in [1.807, 2.05) is 6.92 Å². The second-order valence-corrected chi connectivity index (χ2v) is 9.09. The zero-order valence-corrected chi connectivity index (χ0v) is 20.0. The van der Waals surface area contributed by atoms with Crippen LogP contribution in [0.3, 0.4) is 0 Å². The van der Waals surface area contributed by atoms with Crippen molar-refractivity contribution in [3.8, 4) is 5.75 Å². The van der Waals surface area contributed by atoms with Gasteiger partial charge in [0, 0.05) is 11.1 Å². The highest BCUT2D eigenvalue weighted by molar-refractivity contribution is 5.67. The van der Waals surface area contributed by atoms with Crippen LogP contribution in [-0.4, -0.2) is 0 Å². The summed E-state index contributed by atoms with van der Waals surface area (Å²) in [5.74, 6) is -6.75. The lowest BCUT2D eigenvalue weighted by molar-refractivity contribution is 0.277. The van der Waals surface area contributed by atoms with E-state index in [-0.39, 0.29) is 39.5 Å². The number of ether oxygens (including phenoxy) is 1. The zero-order chi connectivity index (χ0) is 26.0. The Hall–Kier alpha value is -3.22. The Morgan fingerprint density at radius 2 is 1.50 bits per heavy atom. The summed E-state index contributed by atoms with van der Waals surface area (Å²) in [6, 6.07) is 8.54. The lowest BCUT2D eigenvalue weighted by Gasteiger charge is -2.24. The van der Waals surface area contributed by atoms with Gasteiger partial charge in [0.25, 0.3) is 0 Å². The van der Waals surface area contributed by atoms with Crippen molar-refractivity contribution < 1.29 is 31.1 Å². The molecule has 1 nitrogen and oxygen atoms in total. The molecule has 1 unspecified atom stereocenters. The van der Waals surface area contributed by atoms with Gasteiger partial charge in [-0.25, -0.2) is 22.0 Å². The molecule has 0 aromatic heterocycles. The lowest BCUT2D eigenvalue weighted by atomic mass is 9.82. The minimum Gasteiger partial charge on any atom is -0.486 e. The average Bonchev–Trinajstić information content (AvgIpc) is 2.88. The average molecular weight is 505 g/mol. The van der Waals surface area contributed by atoms with Crippen LogP contribution in [-0.2, 0) is 13.0 Å². The molecule has 1 aliphatic rings. The molecule has 3 aromatic carbocycles. The van der Waals surface area contributed by atoms with Crippen LogP contribution in [0.5, 0.6) is 5.75 Å². The fourth-order valence-electron chi connectivity index (χ4n) is 4.59. The Labute approximate surface area is 206 Å². The number of hydrogen-bond acceptors (Lipinski definition) is 1. The van der Waals surface area contributed by atoms with E-state index in [1.165, 1.54) is 37.3 Å². The highest BCUT2D eigenvalue weighted by Crippen LogP contribution is 2.39. The molecule has 3 aromatic rings. The van der Waals surface area contributed by atoms with Crippen LogP contribution in [0.1, 0.15) is 66.3 Å². The highest BCUT2D eigenvalue weighted by atomic mass is 19.2. The van der Waals surface area contributed by atoms with Crippen LogP contribution >= 0.6 is 0 Å². The summed E-state index contributed by atoms with van der Waals surface area (Å²) >= 11 is 0. The summed E-state index contributed by atoms with van der Waals surface area (Å²) < 4.78 is 91.7. The fraction of sp³-hybridized carbons (Fsp3) is 0.310. The summed E-state index contributed by atoms with van der Waals surface area (Å²) in [5, 5.41) is 0. The minimum absolute atomic E-state index is 0.0754. The molecule has 0 saturated heterocycles. The standard InChI is InChI=1S/C29H26F6O/c1-3-4-19-11-14-23(29(35)25(19)31)36-15-20-10-13-22(28(34)26(20)32)18-8-6-17(7-9-18)21-12-5-16(2)24(30)27(21)33/h5,8,10-14,17H,3-4,6-7,9,15H2,1-2H3. The van der Waals surface area contributed by atoms with Crippen LogP contribution in [0.15, 0.2) is 42.5 Å². The molecule has 7 heteroatoms. The Morgan fingerprint density at radius 1 is 0.778 bits per heavy atom. The van der Waals surface area contributed by atoms with Gasteiger partial charge in [0.05, 0.1) is 0 Å². The third-order valence-electron chi connectivity index (χ3n) is 6.69. The summed E-state index contributed by atoms with van der Waals surface area (Å²) in [5.41, 5.74) is 1.24. The van der Waals surface area contributed by atoms with E-state index >= 15 is 0 Å². The van der Waals surface area contributed by atoms with Crippen LogP contribution in [0.2, 0.25) is 0 Å². The second kappa shape index (κ2) is 10.8. The molecular weight excluding hydrogens is 478 g/mol. The molecule has 0 bridgehead atoms. The van der Waals surface area contributed by atoms with Gasteiger partial charge in [-0.05, 0) is 66.9 Å². The maximum Gasteiger partial charge on any atom is 0.200 e. The maximum absolute atomic E-state index is 14.9. The molecule has 36 heavy (non-hydrogen) atoms. The molecular formula is C29H26F6O. The van der Waals surface area contributed by atoms with E-state index < -0.39 is 41.5 Å². The normalized spacial score (nSPS) is 15.7. The summed E-state index contributed by atoms with van der Waals surface area (Å²) in [7, 11) is 0. The molecule has 0 fully saturated rings. The fourth-order valence-corrected chi connectivity index (χ4v) is 4.59. The topological polar surface area (TPSA) is 9.23 Å². The van der Waals surface area contributed by atoms with Gasteiger partial charge in [-0.1, -0.05) is 49.8 Å². The molecule has 0 saturated carbocycles. The van der Waals surface area contributed by atoms with Crippen molar-refractivity contribution in [2.24, 2.45) is 0 Å². The first kappa shape index (κ1) is 25.9. The SMILES string of the molecule is CCCc1ccc(OCc2ccc(C3=CCC(c4ccc(C)c(F)c4F)CC3)c(F)c2F)c(F)c1F. The van der Waals surface area contributed by atoms with Gasteiger partial charge in [0.15, 0.2) is 34.8 Å². The molecule has 1 atom stereocenters. The summed E-state index contributed by atoms with van der Waals surface area (Å²) in [6.45, 7) is 2.85. The molecule has 0 spiro atoms. The molecule has 0 heterocycles. The van der Waals surface area contributed by atoms with Gasteiger partial charge >= 0.3 is 0 Å². The molecule has 190 valence electrons. The molecule has 0 aliphatic heterocycles. The number of halogens is 6. The first-order valence-corrected chi connectivity index (χ1v) is 11.9. The summed E-state index contributed by atoms with van der Waals surface area (Å²) in [4.78, 5) is 0. The van der Waals surface area contributed by atoms with Gasteiger partial charge in [0.2, 0.25) is 5.82 Å². The van der Waals surface area contributed by atoms with Crippen LogP contribution < -0.4 is 4.74 Å². The molecule has 1 aliphatic carbocycles. The highest BCUT2D eigenvalue weighted by Gasteiger charge is 2.25. The Balaban J connectivity index is 1.48. The first-order chi connectivity index (χ1) is 17.2. The smallest absolute Gasteiger partial charge is 0.200 e. The van der Waals surface area contributed by atoms with Gasteiger partial charge in [-0.3, -0.25) is 0 Å². The maximum atomic E-state index is 14.9. The number of rotatable bonds is 7. The Bertz CT molecular complexity index is 1310. The quantitative estimate of drug-likeness (QED) is 0.293. The van der Waals surface area contributed by atoms with E-state index in [0.717, 1.165) is 0 Å². The van der Waals surface area contributed by atoms with Crippen molar-refractivity contribution in [1.29, 1.82) is 0 Å². The predicted molar refractivity (Wildman–Crippen MR) is 127 cm³/mol. The van der Waals surface area contributed by atoms with Gasteiger partial charge < -0.3 is 4.74 Å². The van der Waals surface area contributed by atoms with Crippen LogP contribution in [0.4, 0.5) is 26.3 Å². The lowest BCUT2D eigenvalue weighted by Crippen LogP contribution is -2.10. The van der Waals surface area contributed by atoms with Crippen molar-refractivity contribution in [2.45, 2.75) is 58.5 Å². The number of benzene rings is 3. The van der Waals surface area contributed by atoms with Crippen LogP contribution in [0.25, 0.3) is 5.57 Å². The van der Waals surface area contributed by atoms with Crippen molar-refractivity contribution in [1.82, 2.24) is 0 Å². The van der Waals surface area contributed by atoms with Crippen LogP contribution in [0, 0.1) is 41.8 Å². The third-order valence-corrected chi connectivity index (χ3v) is 6.69. The monoisotopic (exact) mass is 504 g/mol. The largest absolute Gasteiger partial charge is 0.486 e. The second-order valence-electron chi connectivity index (χ2n) is 9.09. The molecule has 0 radical (unpaired) electrons. The molecule has 0 amide bonds. The van der Waals surface area contributed by atoms with E-state index in [9.17, 15) is 26.3 Å². The van der Waals surface area contributed by atoms with Crippen molar-refractivity contribution in [3.05, 3.63) is 105 Å². The zero-order valence-electron chi connectivity index (χ0n) is 20.0. The molecule has 4 rings (SSSR count). The van der Waals surface area contributed by atoms with Crippen molar-refractivity contribution in [2.75, 3.05) is 0 Å². The summed E-state index contributed by atoms with van der Waals surface area (Å²) in [6.07, 6.45) is 3.91. The Kier molecular flexibility index (Phi) is 7.76. The van der Waals surface area contributed by atoms with E-state index in [1.54, 1.807) is 12.1 Å². The number of hydrogen-bond donors (Lipinski definition) is 0. The van der Waals surface area contributed by atoms with Gasteiger partial charge in [-0.2, -0.15) is 4.39 Å². The first-order valence-electron chi connectivity index (χ1n) is 11.9. The van der Waals surface area contributed by atoms with E-state index in [2.05, 4.69) is 0 Å². The van der Waals surface area contributed by atoms with Crippen molar-refractivity contribution in [3.63, 3.8) is 0 Å². The number of aryl methyl sites for hydroxylation is 2. The van der Waals surface area contributed by atoms with Crippen molar-refractivity contribution >= 4 is 5.57 Å². The predicted octanol–water partition coefficient (Wildman–Crippen LogP) is 8.71. The third kappa shape index (κ3) is 5.01. The van der Waals surface area contributed by atoms with Gasteiger partial charge in [0.1, 0.15) is 6.61 Å². The van der Waals surface area contributed by atoms with E-state index in [4.69, 9.17) is 4.74 Å². The number of allylic oxidation sites excluding steroid dienone is 2. The van der Waals surface area contributed by atoms with E-state index in [0.29, 0.717) is 37.7 Å². The molecule has 0 N–H and O–H groups in total. The Morgan fingerprint density at radius 3 is 2.19 bits per heavy atom.